The molecule has 0 unspecified atom stereocenters. The number of hydrogen-bond donors (Lipinski definition) is 4. The Morgan fingerprint density at radius 3 is 2.82 bits per heavy atom. The predicted octanol–water partition coefficient (Wildman–Crippen LogP) is 0.0216. The van der Waals surface area contributed by atoms with E-state index in [1.807, 2.05) is 0 Å². The first-order chi connectivity index (χ1) is 9.91. The van der Waals surface area contributed by atoms with Crippen molar-refractivity contribution in [3.63, 3.8) is 0 Å². The molecule has 1 aromatic rings. The highest BCUT2D eigenvalue weighted by Gasteiger charge is 2.25. The third-order valence-corrected chi connectivity index (χ3v) is 1.76. The minimum absolute atomic E-state index is 0.196. The molecule has 0 aromatic heterocycles. The Morgan fingerprint density at radius 1 is 1.59 bits per heavy atom. The summed E-state index contributed by atoms with van der Waals surface area (Å²) in [5.74, 6) is -3.77. The zero-order valence-electron chi connectivity index (χ0n) is 13.9. The topological polar surface area (TPSA) is 113 Å². The minimum atomic E-state index is -3.38. The van der Waals surface area contributed by atoms with Gasteiger partial charge in [-0.25, -0.2) is 0 Å². The third kappa shape index (κ3) is 3.08. The van der Waals surface area contributed by atoms with Crippen LogP contribution in [0.3, 0.4) is 0 Å². The van der Waals surface area contributed by atoms with E-state index in [0.717, 1.165) is 0 Å². The van der Waals surface area contributed by atoms with Crippen LogP contribution in [-0.4, -0.2) is 33.9 Å². The van der Waals surface area contributed by atoms with Crippen molar-refractivity contribution in [2.75, 3.05) is 6.61 Å². The maximum Gasteiger partial charge on any atom is 0.325 e. The molecule has 1 rings (SSSR count). The lowest BCUT2D eigenvalue weighted by atomic mass is 10.0. The van der Waals surface area contributed by atoms with E-state index in [9.17, 15) is 20.1 Å². The number of aliphatic hydroxyl groups is 1. The van der Waals surface area contributed by atoms with Crippen molar-refractivity contribution in [3.8, 4) is 11.5 Å². The zero-order chi connectivity index (χ0) is 17.5. The molecule has 0 spiro atoms. The molecule has 0 aliphatic heterocycles. The summed E-state index contributed by atoms with van der Waals surface area (Å²) >= 11 is 0. The second-order valence-electron chi connectivity index (χ2n) is 2.93. The number of carbonyl (C=O) groups excluding carboxylic acids is 1. The molecular weight excluding hydrogens is 226 g/mol. The van der Waals surface area contributed by atoms with Gasteiger partial charge < -0.3 is 25.8 Å². The van der Waals surface area contributed by atoms with Crippen LogP contribution in [0.2, 0.25) is 0 Å². The summed E-state index contributed by atoms with van der Waals surface area (Å²) in [6.07, 6.45) is -3.38. The number of phenolic OH excluding ortho intramolecular Hbond substituents is 2. The van der Waals surface area contributed by atoms with Crippen LogP contribution in [0.25, 0.3) is 0 Å². The predicted molar refractivity (Wildman–Crippen MR) is 59.3 cm³/mol. The van der Waals surface area contributed by atoms with Crippen LogP contribution in [0.1, 0.15) is 25.4 Å². The molecule has 2 atom stereocenters. The summed E-state index contributed by atoms with van der Waals surface area (Å²) in [6.45, 7) is 1.20. The molecule has 5 N–H and O–H groups in total. The van der Waals surface area contributed by atoms with Crippen LogP contribution >= 0.6 is 0 Å². The molecule has 0 aliphatic carbocycles. The van der Waals surface area contributed by atoms with Crippen molar-refractivity contribution in [2.24, 2.45) is 5.73 Å². The molecule has 0 amide bonds. The summed E-state index contributed by atoms with van der Waals surface area (Å²) in [5, 5.41) is 29.0. The van der Waals surface area contributed by atoms with Gasteiger partial charge in [0.25, 0.3) is 0 Å². The molecule has 0 heterocycles. The molecule has 0 bridgehead atoms. The Kier molecular flexibility index (Phi) is 2.44. The van der Waals surface area contributed by atoms with Crippen LogP contribution in [0.5, 0.6) is 11.5 Å². The molecule has 0 fully saturated rings. The Morgan fingerprint density at radius 2 is 2.24 bits per heavy atom. The van der Waals surface area contributed by atoms with Gasteiger partial charge in [0.2, 0.25) is 0 Å². The summed E-state index contributed by atoms with van der Waals surface area (Å²) < 4.78 is 42.4. The first-order valence-corrected chi connectivity index (χ1v) is 4.61. The zero-order valence-corrected chi connectivity index (χ0v) is 8.94. The first-order valence-electron chi connectivity index (χ1n) is 7.11. The molecule has 0 radical (unpaired) electrons. The van der Waals surface area contributed by atoms with E-state index in [4.69, 9.17) is 12.6 Å². The summed E-state index contributed by atoms with van der Waals surface area (Å²) in [7, 11) is 0. The van der Waals surface area contributed by atoms with Crippen LogP contribution in [-0.2, 0) is 9.53 Å². The van der Waals surface area contributed by atoms with E-state index in [2.05, 4.69) is 4.74 Å². The number of rotatable bonds is 4. The molecule has 6 heteroatoms. The van der Waals surface area contributed by atoms with Gasteiger partial charge >= 0.3 is 5.97 Å². The summed E-state index contributed by atoms with van der Waals surface area (Å²) in [4.78, 5) is 11.6. The maximum atomic E-state index is 11.6. The smallest absolute Gasteiger partial charge is 0.325 e. The summed E-state index contributed by atoms with van der Waals surface area (Å²) in [5.41, 5.74) is 4.24. The molecular formula is C11H15NO5. The van der Waals surface area contributed by atoms with Gasteiger partial charge in [0.15, 0.2) is 11.5 Å². The van der Waals surface area contributed by atoms with Crippen molar-refractivity contribution < 1.29 is 31.7 Å². The van der Waals surface area contributed by atoms with Gasteiger partial charge in [-0.2, -0.15) is 0 Å². The number of benzene rings is 1. The van der Waals surface area contributed by atoms with Gasteiger partial charge in [-0.3, -0.25) is 4.79 Å². The SMILES string of the molecule is [2H]c1c([2H])c([C@@]([2H])(O)[C@@]([2H])(N)C(=O)OCC)c([2H])c(O)c1O. The van der Waals surface area contributed by atoms with Crippen LogP contribution in [0, 0.1) is 0 Å². The van der Waals surface area contributed by atoms with Gasteiger partial charge in [-0.1, -0.05) is 6.04 Å². The van der Waals surface area contributed by atoms with E-state index in [1.165, 1.54) is 6.92 Å². The average molecular weight is 246 g/mol. The Hall–Kier alpha value is -1.79. The fourth-order valence-electron chi connectivity index (χ4n) is 0.948. The second kappa shape index (κ2) is 5.51. The lowest BCUT2D eigenvalue weighted by molar-refractivity contribution is -0.147. The lowest BCUT2D eigenvalue weighted by Gasteiger charge is -2.17. The van der Waals surface area contributed by atoms with Crippen LogP contribution < -0.4 is 5.73 Å². The van der Waals surface area contributed by atoms with Gasteiger partial charge in [0.05, 0.1) is 13.5 Å². The average Bonchev–Trinajstić information content (AvgIpc) is 2.43. The van der Waals surface area contributed by atoms with E-state index >= 15 is 0 Å². The van der Waals surface area contributed by atoms with E-state index in [-0.39, 0.29) is 6.61 Å². The van der Waals surface area contributed by atoms with E-state index in [0.29, 0.717) is 0 Å². The Balaban J connectivity index is 3.63. The quantitative estimate of drug-likeness (QED) is 0.440. The number of phenols is 2. The van der Waals surface area contributed by atoms with Crippen LogP contribution in [0.4, 0.5) is 0 Å². The van der Waals surface area contributed by atoms with Gasteiger partial charge in [-0.05, 0) is 24.6 Å². The van der Waals surface area contributed by atoms with Crippen molar-refractivity contribution in [2.45, 2.75) is 19.0 Å². The Bertz CT molecular complexity index is 590. The minimum Gasteiger partial charge on any atom is -0.504 e. The van der Waals surface area contributed by atoms with Crippen LogP contribution in [0.15, 0.2) is 18.1 Å². The number of esters is 1. The first kappa shape index (κ1) is 7.52. The van der Waals surface area contributed by atoms with Crippen molar-refractivity contribution >= 4 is 5.97 Å². The molecule has 17 heavy (non-hydrogen) atoms. The molecule has 0 aliphatic rings. The molecule has 0 saturated heterocycles. The van der Waals surface area contributed by atoms with Crippen molar-refractivity contribution in [1.82, 2.24) is 0 Å². The number of ether oxygens (including phenoxy) is 1. The summed E-state index contributed by atoms with van der Waals surface area (Å²) in [6, 6.07) is -6.25. The largest absolute Gasteiger partial charge is 0.504 e. The fraction of sp³-hybridized carbons (Fsp3) is 0.364. The number of aromatic hydroxyl groups is 2. The van der Waals surface area contributed by atoms with E-state index in [1.54, 1.807) is 0 Å². The standard InChI is InChI=1S/C11H15NO5/c1-2-17-11(16)9(12)10(15)6-3-4-7(13)8(14)5-6/h3-5,9-10,13-15H,2,12H2,1H3/t9-,10-/m1/s1/i3D,4D,5D,9D,10D. The number of hydrogen-bond acceptors (Lipinski definition) is 6. The third-order valence-electron chi connectivity index (χ3n) is 1.76. The highest BCUT2D eigenvalue weighted by atomic mass is 16.5. The molecule has 0 saturated carbocycles. The maximum absolute atomic E-state index is 11.6. The highest BCUT2D eigenvalue weighted by molar-refractivity contribution is 5.76. The van der Waals surface area contributed by atoms with E-state index < -0.39 is 53.3 Å². The van der Waals surface area contributed by atoms with Gasteiger partial charge in [0, 0.05) is 0 Å². The normalized spacial score (nSPS) is 21.9. The van der Waals surface area contributed by atoms with Gasteiger partial charge in [0.1, 0.15) is 12.1 Å². The highest BCUT2D eigenvalue weighted by Crippen LogP contribution is 2.28. The molecule has 6 nitrogen and oxygen atoms in total. The lowest BCUT2D eigenvalue weighted by Crippen LogP contribution is -2.38. The van der Waals surface area contributed by atoms with Crippen molar-refractivity contribution in [1.29, 1.82) is 0 Å². The monoisotopic (exact) mass is 246 g/mol. The fourth-order valence-corrected chi connectivity index (χ4v) is 0.948. The molecule has 94 valence electrons. The van der Waals surface area contributed by atoms with Crippen molar-refractivity contribution in [3.05, 3.63) is 23.7 Å². The van der Waals surface area contributed by atoms with Gasteiger partial charge in [-0.15, -0.1) is 0 Å². The number of carbonyl (C=O) groups is 1. The molecule has 1 aromatic carbocycles. The number of nitrogens with two attached hydrogens (primary N) is 1. The Labute approximate surface area is 105 Å². The second-order valence-corrected chi connectivity index (χ2v) is 2.93.